The minimum absolute atomic E-state index is 0.00408. The van der Waals surface area contributed by atoms with Crippen molar-refractivity contribution in [2.24, 2.45) is 14.1 Å². The molecule has 0 saturated heterocycles. The van der Waals surface area contributed by atoms with Crippen LogP contribution in [0.2, 0.25) is 0 Å². The minimum atomic E-state index is -4.36. The number of aromatic nitrogens is 6. The van der Waals surface area contributed by atoms with Crippen LogP contribution in [0.5, 0.6) is 0 Å². The van der Waals surface area contributed by atoms with E-state index in [-0.39, 0.29) is 33.5 Å². The van der Waals surface area contributed by atoms with Crippen molar-refractivity contribution in [1.29, 1.82) is 0 Å². The summed E-state index contributed by atoms with van der Waals surface area (Å²) in [5.74, 6) is -0.838. The van der Waals surface area contributed by atoms with Crippen LogP contribution in [0.15, 0.2) is 76.7 Å². The van der Waals surface area contributed by atoms with Gasteiger partial charge in [-0.1, -0.05) is 65.1 Å². The predicted molar refractivity (Wildman–Crippen MR) is 183 cm³/mol. The highest BCUT2D eigenvalue weighted by molar-refractivity contribution is 14.1. The molecule has 0 radical (unpaired) electrons. The molecule has 0 unspecified atom stereocenters. The molecule has 238 valence electrons. The van der Waals surface area contributed by atoms with Crippen molar-refractivity contribution < 1.29 is 17.9 Å². The quantitative estimate of drug-likeness (QED) is 0.160. The maximum atomic E-state index is 15.8. The molecule has 4 heterocycles. The average Bonchev–Trinajstić information content (AvgIpc) is 3.79. The van der Waals surface area contributed by atoms with Crippen LogP contribution in [0.25, 0.3) is 44.5 Å². The molecule has 1 aliphatic rings. The van der Waals surface area contributed by atoms with Crippen molar-refractivity contribution in [2.45, 2.75) is 49.1 Å². The first kappa shape index (κ1) is 30.8. The third kappa shape index (κ3) is 4.90. The number of fused-ring (bicyclic) bond motifs is 3. The molecule has 0 amide bonds. The second-order valence-corrected chi connectivity index (χ2v) is 14.7. The number of pyridine rings is 1. The van der Waals surface area contributed by atoms with Crippen molar-refractivity contribution in [3.63, 3.8) is 0 Å². The summed E-state index contributed by atoms with van der Waals surface area (Å²) in [5.41, 5.74) is 3.02. The van der Waals surface area contributed by atoms with Gasteiger partial charge in [0.15, 0.2) is 5.65 Å². The number of benzene rings is 2. The van der Waals surface area contributed by atoms with Gasteiger partial charge in [-0.25, -0.2) is 22.2 Å². The third-order valence-electron chi connectivity index (χ3n) is 8.89. The molecule has 1 fully saturated rings. The fourth-order valence-corrected chi connectivity index (χ4v) is 8.62. The number of nitrogens with zero attached hydrogens (tertiary/aromatic N) is 6. The Hall–Kier alpha value is -3.82. The topological polar surface area (TPSA) is 117 Å². The monoisotopic (exact) mass is 754 g/mol. The van der Waals surface area contributed by atoms with E-state index in [0.717, 1.165) is 26.8 Å². The highest BCUT2D eigenvalue weighted by Gasteiger charge is 2.36. The summed E-state index contributed by atoms with van der Waals surface area (Å²) < 4.78 is 51.6. The van der Waals surface area contributed by atoms with E-state index < -0.39 is 22.1 Å². The summed E-state index contributed by atoms with van der Waals surface area (Å²) in [6.45, 7) is 0. The van der Waals surface area contributed by atoms with Crippen molar-refractivity contribution >= 4 is 54.7 Å². The molecule has 46 heavy (non-hydrogen) atoms. The Morgan fingerprint density at radius 2 is 1.80 bits per heavy atom. The van der Waals surface area contributed by atoms with E-state index in [2.05, 4.69) is 27.7 Å². The first-order valence-corrected chi connectivity index (χ1v) is 18.1. The number of rotatable bonds is 8. The molecule has 0 aliphatic heterocycles. The molecule has 1 saturated carbocycles. The zero-order chi connectivity index (χ0) is 32.3. The molecular weight excluding hydrogens is 722 g/mol. The highest BCUT2D eigenvalue weighted by atomic mass is 127. The van der Waals surface area contributed by atoms with Crippen LogP contribution in [0.3, 0.4) is 0 Å². The molecule has 2 aromatic carbocycles. The van der Waals surface area contributed by atoms with Gasteiger partial charge in [-0.05, 0) is 59.8 Å². The Morgan fingerprint density at radius 1 is 1.07 bits per heavy atom. The molecule has 2 atom stereocenters. The Kier molecular flexibility index (Phi) is 7.88. The molecule has 7 rings (SSSR count). The number of aryl methyl sites for hydroxylation is 3. The molecule has 1 aliphatic carbocycles. The van der Waals surface area contributed by atoms with Crippen LogP contribution < -0.4 is 5.69 Å². The van der Waals surface area contributed by atoms with Gasteiger partial charge in [-0.2, -0.15) is 4.39 Å². The maximum absolute atomic E-state index is 15.8. The van der Waals surface area contributed by atoms with E-state index in [1.54, 1.807) is 36.9 Å². The predicted octanol–water partition coefficient (Wildman–Crippen LogP) is 5.59. The van der Waals surface area contributed by atoms with Crippen molar-refractivity contribution in [2.75, 3.05) is 4.43 Å². The molecule has 13 heteroatoms. The van der Waals surface area contributed by atoms with E-state index in [9.17, 15) is 18.3 Å². The standard InChI is InChI=1S/C33H32FIN6O4S/c1-38-19-25(31(34)37-38)29-27(21-12-10-20(11-13-21)7-6-16-35)28-30-26(39(2)33(43)40(30)22-14-15-23(42)17-22)18-36-32(28)41(29)46(44,45)24-8-4-3-5-9-24/h3-5,8-13,18-19,22-23,42H,6-7,14-17H2,1-2H3/t22-,23-/m0/s1. The van der Waals surface area contributed by atoms with Crippen molar-refractivity contribution in [1.82, 2.24) is 27.9 Å². The normalized spacial score (nSPS) is 17.1. The van der Waals surface area contributed by atoms with Crippen molar-refractivity contribution in [3.8, 4) is 22.4 Å². The van der Waals surface area contributed by atoms with Crippen molar-refractivity contribution in [3.05, 3.63) is 89.0 Å². The molecule has 6 aromatic rings. The number of hydrogen-bond acceptors (Lipinski definition) is 6. The number of aliphatic hydroxyl groups is 1. The zero-order valence-electron chi connectivity index (χ0n) is 25.3. The first-order chi connectivity index (χ1) is 22.1. The average molecular weight is 755 g/mol. The first-order valence-electron chi connectivity index (χ1n) is 15.1. The van der Waals surface area contributed by atoms with Crippen LogP contribution >= 0.6 is 22.6 Å². The summed E-state index contributed by atoms with van der Waals surface area (Å²) in [5, 5.41) is 14.8. The van der Waals surface area contributed by atoms with E-state index in [0.29, 0.717) is 46.8 Å². The second-order valence-electron chi connectivity index (χ2n) is 11.8. The number of imidazole rings is 1. The van der Waals surface area contributed by atoms with Gasteiger partial charge in [-0.3, -0.25) is 13.8 Å². The Labute approximate surface area is 278 Å². The second kappa shape index (κ2) is 11.8. The lowest BCUT2D eigenvalue weighted by atomic mass is 9.97. The fourth-order valence-electron chi connectivity index (χ4n) is 6.74. The molecule has 10 nitrogen and oxygen atoms in total. The minimum Gasteiger partial charge on any atom is -0.393 e. The van der Waals surface area contributed by atoms with Gasteiger partial charge in [0.1, 0.15) is 0 Å². The molecule has 0 bridgehead atoms. The Balaban J connectivity index is 1.69. The number of aliphatic hydroxyl groups excluding tert-OH is 1. The van der Waals surface area contributed by atoms with Crippen LogP contribution in [-0.4, -0.2) is 51.9 Å². The molecule has 1 N–H and O–H groups in total. The maximum Gasteiger partial charge on any atom is 0.329 e. The molecule has 0 spiro atoms. The Bertz CT molecular complexity index is 2270. The van der Waals surface area contributed by atoms with Crippen LogP contribution in [-0.2, 0) is 30.5 Å². The van der Waals surface area contributed by atoms with E-state index >= 15 is 4.39 Å². The molecule has 4 aromatic heterocycles. The van der Waals surface area contributed by atoms with E-state index in [1.807, 2.05) is 24.3 Å². The fraction of sp³-hybridized carbons (Fsp3) is 0.303. The zero-order valence-corrected chi connectivity index (χ0v) is 28.2. The summed E-state index contributed by atoms with van der Waals surface area (Å²) in [6, 6.07) is 15.5. The van der Waals surface area contributed by atoms with Crippen LogP contribution in [0.4, 0.5) is 4.39 Å². The largest absolute Gasteiger partial charge is 0.393 e. The van der Waals surface area contributed by atoms with Gasteiger partial charge in [0.2, 0.25) is 5.95 Å². The lowest BCUT2D eigenvalue weighted by molar-refractivity contribution is 0.178. The number of hydrogen-bond donors (Lipinski definition) is 1. The van der Waals surface area contributed by atoms with Gasteiger partial charge < -0.3 is 5.11 Å². The van der Waals surface area contributed by atoms with Gasteiger partial charge >= 0.3 is 5.69 Å². The summed E-state index contributed by atoms with van der Waals surface area (Å²) in [6.07, 6.45) is 5.81. The van der Waals surface area contributed by atoms with Gasteiger partial charge in [0.05, 0.1) is 44.9 Å². The van der Waals surface area contributed by atoms with Gasteiger partial charge in [0.25, 0.3) is 10.0 Å². The van der Waals surface area contributed by atoms with E-state index in [1.165, 1.54) is 33.8 Å². The van der Waals surface area contributed by atoms with Crippen LogP contribution in [0.1, 0.15) is 37.3 Å². The number of alkyl halides is 1. The molecular formula is C33H32FIN6O4S. The van der Waals surface area contributed by atoms with E-state index in [4.69, 9.17) is 4.98 Å². The van der Waals surface area contributed by atoms with Crippen LogP contribution in [0, 0.1) is 5.95 Å². The lowest BCUT2D eigenvalue weighted by Crippen LogP contribution is -2.25. The third-order valence-corrected chi connectivity index (χ3v) is 11.4. The smallest absolute Gasteiger partial charge is 0.329 e. The summed E-state index contributed by atoms with van der Waals surface area (Å²) >= 11 is 2.35. The van der Waals surface area contributed by atoms with Gasteiger partial charge in [-0.15, -0.1) is 5.10 Å². The lowest BCUT2D eigenvalue weighted by Gasteiger charge is -2.13. The SMILES string of the molecule is Cn1cc(-c2c(-c3ccc(CCCI)cc3)c3c(ncc4c3n([C@H]3CC[C@H](O)C3)c(=O)n4C)n2S(=O)(=O)c2ccccc2)c(F)n1. The van der Waals surface area contributed by atoms with Gasteiger partial charge in [0, 0.05) is 31.9 Å². The number of halogens is 2. The highest BCUT2D eigenvalue weighted by Crippen LogP contribution is 2.46. The summed E-state index contributed by atoms with van der Waals surface area (Å²) in [4.78, 5) is 18.6. The summed E-state index contributed by atoms with van der Waals surface area (Å²) in [7, 11) is -1.13. The Morgan fingerprint density at radius 3 is 2.43 bits per heavy atom.